The Balaban J connectivity index is 2.21. The van der Waals surface area contributed by atoms with Crippen molar-refractivity contribution in [1.29, 1.82) is 0 Å². The maximum absolute atomic E-state index is 12.9. The van der Waals surface area contributed by atoms with Crippen LogP contribution in [0.4, 0.5) is 8.78 Å². The van der Waals surface area contributed by atoms with Gasteiger partial charge in [0.2, 0.25) is 0 Å². The Morgan fingerprint density at radius 2 is 1.41 bits per heavy atom. The van der Waals surface area contributed by atoms with E-state index in [0.29, 0.717) is 5.56 Å². The van der Waals surface area contributed by atoms with Gasteiger partial charge in [-0.15, -0.1) is 0 Å². The lowest BCUT2D eigenvalue weighted by Crippen LogP contribution is -2.35. The van der Waals surface area contributed by atoms with Crippen LogP contribution in [-0.4, -0.2) is 28.4 Å². The standard InChI is InChI=1S/C16H13F2NO3/c17-13-5-1-11(2-6-13)9-19(10-15(20)21)16(22)12-3-7-14(18)8-4-12/h1-8H,9-10H2,(H,20,21). The van der Waals surface area contributed by atoms with Gasteiger partial charge < -0.3 is 10.0 Å². The van der Waals surface area contributed by atoms with Gasteiger partial charge in [0.15, 0.2) is 0 Å². The van der Waals surface area contributed by atoms with E-state index in [1.807, 2.05) is 0 Å². The average molecular weight is 305 g/mol. The summed E-state index contributed by atoms with van der Waals surface area (Å²) in [6, 6.07) is 10.3. The molecule has 1 amide bonds. The lowest BCUT2D eigenvalue weighted by molar-refractivity contribution is -0.137. The molecule has 1 N–H and O–H groups in total. The smallest absolute Gasteiger partial charge is 0.323 e. The van der Waals surface area contributed by atoms with Crippen LogP contribution in [0.1, 0.15) is 15.9 Å². The molecule has 2 rings (SSSR count). The van der Waals surface area contributed by atoms with Gasteiger partial charge in [0.05, 0.1) is 0 Å². The van der Waals surface area contributed by atoms with E-state index in [2.05, 4.69) is 0 Å². The highest BCUT2D eigenvalue weighted by molar-refractivity contribution is 5.95. The maximum atomic E-state index is 12.9. The highest BCUT2D eigenvalue weighted by atomic mass is 19.1. The number of rotatable bonds is 5. The van der Waals surface area contributed by atoms with Gasteiger partial charge in [0.25, 0.3) is 5.91 Å². The van der Waals surface area contributed by atoms with Crippen molar-refractivity contribution < 1.29 is 23.5 Å². The third-order valence-electron chi connectivity index (χ3n) is 2.99. The van der Waals surface area contributed by atoms with Gasteiger partial charge in [-0.2, -0.15) is 0 Å². The van der Waals surface area contributed by atoms with Gasteiger partial charge in [0.1, 0.15) is 18.2 Å². The monoisotopic (exact) mass is 305 g/mol. The number of amides is 1. The number of carbonyl (C=O) groups is 2. The summed E-state index contributed by atoms with van der Waals surface area (Å²) in [7, 11) is 0. The molecule has 0 radical (unpaired) electrons. The van der Waals surface area contributed by atoms with Gasteiger partial charge in [-0.3, -0.25) is 9.59 Å². The molecule has 114 valence electrons. The molecule has 0 fully saturated rings. The van der Waals surface area contributed by atoms with Crippen LogP contribution in [-0.2, 0) is 11.3 Å². The molecular formula is C16H13F2NO3. The molecule has 4 nitrogen and oxygen atoms in total. The number of nitrogens with zero attached hydrogens (tertiary/aromatic N) is 1. The van der Waals surface area contributed by atoms with Crippen LogP contribution in [0, 0.1) is 11.6 Å². The molecular weight excluding hydrogens is 292 g/mol. The molecule has 0 bridgehead atoms. The van der Waals surface area contributed by atoms with Crippen molar-refractivity contribution >= 4 is 11.9 Å². The zero-order valence-electron chi connectivity index (χ0n) is 11.5. The van der Waals surface area contributed by atoms with Gasteiger partial charge in [-0.25, -0.2) is 8.78 Å². The molecule has 0 aromatic heterocycles. The van der Waals surface area contributed by atoms with Crippen LogP contribution in [0.15, 0.2) is 48.5 Å². The third kappa shape index (κ3) is 4.12. The molecule has 0 atom stereocenters. The molecule has 0 aliphatic carbocycles. The highest BCUT2D eigenvalue weighted by Gasteiger charge is 2.19. The van der Waals surface area contributed by atoms with E-state index in [-0.39, 0.29) is 12.1 Å². The van der Waals surface area contributed by atoms with E-state index >= 15 is 0 Å². The number of hydrogen-bond donors (Lipinski definition) is 1. The summed E-state index contributed by atoms with van der Waals surface area (Å²) in [5.41, 5.74) is 0.780. The minimum Gasteiger partial charge on any atom is -0.480 e. The number of hydrogen-bond acceptors (Lipinski definition) is 2. The summed E-state index contributed by atoms with van der Waals surface area (Å²) in [4.78, 5) is 24.4. The fourth-order valence-corrected chi connectivity index (χ4v) is 1.95. The van der Waals surface area contributed by atoms with E-state index in [9.17, 15) is 18.4 Å². The van der Waals surface area contributed by atoms with Gasteiger partial charge >= 0.3 is 5.97 Å². The van der Waals surface area contributed by atoms with Gasteiger partial charge in [-0.1, -0.05) is 12.1 Å². The van der Waals surface area contributed by atoms with Crippen LogP contribution < -0.4 is 0 Å². The third-order valence-corrected chi connectivity index (χ3v) is 2.99. The molecule has 6 heteroatoms. The fourth-order valence-electron chi connectivity index (χ4n) is 1.95. The van der Waals surface area contributed by atoms with E-state index in [1.165, 1.54) is 36.4 Å². The molecule has 2 aromatic carbocycles. The Morgan fingerprint density at radius 3 is 1.91 bits per heavy atom. The summed E-state index contributed by atoms with van der Waals surface area (Å²) in [6.45, 7) is -0.490. The van der Waals surface area contributed by atoms with Gasteiger partial charge in [0, 0.05) is 12.1 Å². The predicted octanol–water partition coefficient (Wildman–Crippen LogP) is 2.69. The number of carbonyl (C=O) groups excluding carboxylic acids is 1. The summed E-state index contributed by atoms with van der Waals surface area (Å²) < 4.78 is 25.8. The van der Waals surface area contributed by atoms with Crippen LogP contribution in [0.5, 0.6) is 0 Å². The zero-order valence-corrected chi connectivity index (χ0v) is 11.5. The first kappa shape index (κ1) is 15.6. The summed E-state index contributed by atoms with van der Waals surface area (Å²) in [5, 5.41) is 8.93. The number of aliphatic carboxylic acids is 1. The van der Waals surface area contributed by atoms with E-state index in [0.717, 1.165) is 17.0 Å². The minimum absolute atomic E-state index is 0.0167. The first-order chi connectivity index (χ1) is 10.5. The normalized spacial score (nSPS) is 10.3. The number of carboxylic acid groups (broad SMARTS) is 1. The predicted molar refractivity (Wildman–Crippen MR) is 75.2 cm³/mol. The van der Waals surface area contributed by atoms with Crippen LogP contribution >= 0.6 is 0 Å². The largest absolute Gasteiger partial charge is 0.480 e. The van der Waals surface area contributed by atoms with E-state index < -0.39 is 30.1 Å². The van der Waals surface area contributed by atoms with Crippen molar-refractivity contribution in [1.82, 2.24) is 4.90 Å². The van der Waals surface area contributed by atoms with Crippen molar-refractivity contribution in [3.63, 3.8) is 0 Å². The van der Waals surface area contributed by atoms with Crippen molar-refractivity contribution in [2.75, 3.05) is 6.54 Å². The number of halogens is 2. The molecule has 0 saturated carbocycles. The Kier molecular flexibility index (Phi) is 4.83. The van der Waals surface area contributed by atoms with Crippen LogP contribution in [0.3, 0.4) is 0 Å². The number of benzene rings is 2. The molecule has 2 aromatic rings. The number of carboxylic acids is 1. The van der Waals surface area contributed by atoms with Crippen molar-refractivity contribution in [3.8, 4) is 0 Å². The molecule has 0 spiro atoms. The lowest BCUT2D eigenvalue weighted by atomic mass is 10.1. The molecule has 0 heterocycles. The first-order valence-corrected chi connectivity index (χ1v) is 6.47. The quantitative estimate of drug-likeness (QED) is 0.924. The van der Waals surface area contributed by atoms with Crippen LogP contribution in [0.25, 0.3) is 0 Å². The summed E-state index contributed by atoms with van der Waals surface area (Å²) in [5.74, 6) is -2.61. The first-order valence-electron chi connectivity index (χ1n) is 6.47. The second kappa shape index (κ2) is 6.80. The zero-order chi connectivity index (χ0) is 16.1. The molecule has 0 saturated heterocycles. The molecule has 22 heavy (non-hydrogen) atoms. The maximum Gasteiger partial charge on any atom is 0.323 e. The van der Waals surface area contributed by atoms with E-state index in [1.54, 1.807) is 0 Å². The Labute approximate surface area is 125 Å². The minimum atomic E-state index is -1.17. The summed E-state index contributed by atoms with van der Waals surface area (Å²) in [6.07, 6.45) is 0. The van der Waals surface area contributed by atoms with Crippen LogP contribution in [0.2, 0.25) is 0 Å². The Hall–Kier alpha value is -2.76. The second-order valence-corrected chi connectivity index (χ2v) is 4.69. The second-order valence-electron chi connectivity index (χ2n) is 4.69. The topological polar surface area (TPSA) is 57.6 Å². The molecule has 0 aliphatic rings. The molecule has 0 aliphatic heterocycles. The SMILES string of the molecule is O=C(O)CN(Cc1ccc(F)cc1)C(=O)c1ccc(F)cc1. The van der Waals surface area contributed by atoms with E-state index in [4.69, 9.17) is 5.11 Å². The van der Waals surface area contributed by atoms with Gasteiger partial charge in [-0.05, 0) is 42.0 Å². The Bertz CT molecular complexity index is 669. The lowest BCUT2D eigenvalue weighted by Gasteiger charge is -2.21. The van der Waals surface area contributed by atoms with Crippen molar-refractivity contribution in [2.45, 2.75) is 6.54 Å². The Morgan fingerprint density at radius 1 is 0.909 bits per heavy atom. The molecule has 0 unspecified atom stereocenters. The average Bonchev–Trinajstić information content (AvgIpc) is 2.48. The van der Waals surface area contributed by atoms with Crippen molar-refractivity contribution in [2.24, 2.45) is 0 Å². The fraction of sp³-hybridized carbons (Fsp3) is 0.125. The van der Waals surface area contributed by atoms with Crippen molar-refractivity contribution in [3.05, 3.63) is 71.3 Å². The summed E-state index contributed by atoms with van der Waals surface area (Å²) >= 11 is 0. The highest BCUT2D eigenvalue weighted by Crippen LogP contribution is 2.12.